The summed E-state index contributed by atoms with van der Waals surface area (Å²) in [5.74, 6) is 1.04. The van der Waals surface area contributed by atoms with Crippen LogP contribution in [-0.4, -0.2) is 56.8 Å². The molecule has 1 fully saturated rings. The molecule has 1 saturated heterocycles. The largest absolute Gasteiger partial charge is 0.457 e. The molecule has 0 unspecified atom stereocenters. The van der Waals surface area contributed by atoms with Gasteiger partial charge in [0.05, 0.1) is 4.90 Å². The summed E-state index contributed by atoms with van der Waals surface area (Å²) in [6.45, 7) is 2.71. The predicted molar refractivity (Wildman–Crippen MR) is 127 cm³/mol. The zero-order chi connectivity index (χ0) is 23.3. The molecule has 1 N–H and O–H groups in total. The molecule has 0 bridgehead atoms. The Balaban J connectivity index is 1.35. The van der Waals surface area contributed by atoms with Crippen molar-refractivity contribution in [1.29, 1.82) is 0 Å². The molecule has 0 radical (unpaired) electrons. The van der Waals surface area contributed by atoms with Crippen LogP contribution in [-0.2, 0) is 16.6 Å². The van der Waals surface area contributed by atoms with E-state index in [4.69, 9.17) is 4.74 Å². The number of amides is 1. The smallest absolute Gasteiger partial charge is 0.251 e. The number of para-hydroxylation sites is 1. The number of piperazine rings is 1. The molecule has 3 aromatic carbocycles. The zero-order valence-corrected chi connectivity index (χ0v) is 19.3. The second-order valence-electron chi connectivity index (χ2n) is 7.98. The normalized spacial score (nSPS) is 15.2. The summed E-state index contributed by atoms with van der Waals surface area (Å²) in [6, 6.07) is 23.0. The second kappa shape index (κ2) is 10.2. The molecule has 3 aromatic rings. The number of carbonyl (C=O) groups excluding carboxylic acids is 1. The number of nitrogens with one attached hydrogen (secondary N) is 1. The highest BCUT2D eigenvalue weighted by atomic mass is 32.2. The molecule has 4 rings (SSSR count). The Labute approximate surface area is 194 Å². The average molecular weight is 466 g/mol. The Kier molecular flexibility index (Phi) is 7.08. The minimum Gasteiger partial charge on any atom is -0.457 e. The van der Waals surface area contributed by atoms with E-state index in [2.05, 4.69) is 10.2 Å². The van der Waals surface area contributed by atoms with E-state index in [-0.39, 0.29) is 17.3 Å². The topological polar surface area (TPSA) is 79.0 Å². The number of carbonyl (C=O) groups is 1. The Morgan fingerprint density at radius 2 is 1.55 bits per heavy atom. The van der Waals surface area contributed by atoms with Gasteiger partial charge in [0.2, 0.25) is 10.0 Å². The van der Waals surface area contributed by atoms with E-state index in [0.29, 0.717) is 30.2 Å². The van der Waals surface area contributed by atoms with Gasteiger partial charge in [-0.25, -0.2) is 8.42 Å². The lowest BCUT2D eigenvalue weighted by Crippen LogP contribution is -2.47. The third kappa shape index (κ3) is 5.78. The highest BCUT2D eigenvalue weighted by Crippen LogP contribution is 2.22. The van der Waals surface area contributed by atoms with Gasteiger partial charge < -0.3 is 15.0 Å². The van der Waals surface area contributed by atoms with Crippen molar-refractivity contribution in [1.82, 2.24) is 14.5 Å². The van der Waals surface area contributed by atoms with Crippen LogP contribution in [0.5, 0.6) is 11.5 Å². The number of rotatable bonds is 7. The summed E-state index contributed by atoms with van der Waals surface area (Å²) in [6.07, 6.45) is 0. The summed E-state index contributed by atoms with van der Waals surface area (Å²) in [5.41, 5.74) is 1.30. The maximum atomic E-state index is 12.8. The summed E-state index contributed by atoms with van der Waals surface area (Å²) in [5, 5.41) is 2.87. The Bertz CT molecular complexity index is 1190. The third-order valence-electron chi connectivity index (χ3n) is 5.55. The van der Waals surface area contributed by atoms with Crippen molar-refractivity contribution in [2.75, 3.05) is 33.2 Å². The van der Waals surface area contributed by atoms with Crippen molar-refractivity contribution in [2.24, 2.45) is 0 Å². The van der Waals surface area contributed by atoms with Crippen LogP contribution in [0, 0.1) is 0 Å². The van der Waals surface area contributed by atoms with E-state index in [1.807, 2.05) is 37.4 Å². The average Bonchev–Trinajstić information content (AvgIpc) is 2.84. The standard InChI is InChI=1S/C25H27N3O4S/c1-27-14-16-28(17-15-27)33(30,31)24-12-10-20(11-13-24)19-26-25(29)21-6-5-9-23(18-21)32-22-7-3-2-4-8-22/h2-13,18H,14-17,19H2,1H3,(H,26,29). The molecule has 0 spiro atoms. The minimum atomic E-state index is -3.50. The van der Waals surface area contributed by atoms with Crippen LogP contribution in [0.3, 0.4) is 0 Å². The highest BCUT2D eigenvalue weighted by molar-refractivity contribution is 7.89. The molecule has 1 heterocycles. The van der Waals surface area contributed by atoms with E-state index in [9.17, 15) is 13.2 Å². The fourth-order valence-corrected chi connectivity index (χ4v) is 4.99. The molecule has 0 aromatic heterocycles. The molecule has 1 aliphatic rings. The third-order valence-corrected chi connectivity index (χ3v) is 7.46. The Morgan fingerprint density at radius 1 is 0.879 bits per heavy atom. The van der Waals surface area contributed by atoms with Gasteiger partial charge in [-0.2, -0.15) is 4.31 Å². The van der Waals surface area contributed by atoms with Crippen molar-refractivity contribution in [3.63, 3.8) is 0 Å². The molecule has 7 nitrogen and oxygen atoms in total. The second-order valence-corrected chi connectivity index (χ2v) is 9.91. The van der Waals surface area contributed by atoms with Gasteiger partial charge in [0.1, 0.15) is 11.5 Å². The first-order valence-corrected chi connectivity index (χ1v) is 12.2. The van der Waals surface area contributed by atoms with Crippen LogP contribution >= 0.6 is 0 Å². The van der Waals surface area contributed by atoms with Gasteiger partial charge in [0.25, 0.3) is 5.91 Å². The molecular weight excluding hydrogens is 438 g/mol. The molecule has 0 atom stereocenters. The summed E-state index contributed by atoms with van der Waals surface area (Å²) in [7, 11) is -1.52. The van der Waals surface area contributed by atoms with Gasteiger partial charge >= 0.3 is 0 Å². The number of hydrogen-bond donors (Lipinski definition) is 1. The number of sulfonamides is 1. The maximum Gasteiger partial charge on any atom is 0.251 e. The van der Waals surface area contributed by atoms with Crippen LogP contribution in [0.25, 0.3) is 0 Å². The molecule has 0 aliphatic carbocycles. The van der Waals surface area contributed by atoms with Crippen LogP contribution < -0.4 is 10.1 Å². The van der Waals surface area contributed by atoms with E-state index in [0.717, 1.165) is 18.7 Å². The molecule has 1 aliphatic heterocycles. The Morgan fingerprint density at radius 3 is 2.24 bits per heavy atom. The molecular formula is C25H27N3O4S. The van der Waals surface area contributed by atoms with Gasteiger partial charge in [-0.05, 0) is 55.1 Å². The first-order valence-electron chi connectivity index (χ1n) is 10.8. The van der Waals surface area contributed by atoms with E-state index >= 15 is 0 Å². The SMILES string of the molecule is CN1CCN(S(=O)(=O)c2ccc(CNC(=O)c3cccc(Oc4ccccc4)c3)cc2)CC1. The highest BCUT2D eigenvalue weighted by Gasteiger charge is 2.27. The van der Waals surface area contributed by atoms with Crippen molar-refractivity contribution in [3.05, 3.63) is 90.0 Å². The van der Waals surface area contributed by atoms with Crippen LogP contribution in [0.4, 0.5) is 0 Å². The first kappa shape index (κ1) is 23.0. The van der Waals surface area contributed by atoms with Crippen molar-refractivity contribution < 1.29 is 17.9 Å². The molecule has 172 valence electrons. The summed E-state index contributed by atoms with van der Waals surface area (Å²) in [4.78, 5) is 15.0. The number of likely N-dealkylation sites (N-methyl/N-ethyl adjacent to an activating group) is 1. The Hall–Kier alpha value is -3.20. The van der Waals surface area contributed by atoms with E-state index < -0.39 is 10.0 Å². The monoisotopic (exact) mass is 465 g/mol. The summed E-state index contributed by atoms with van der Waals surface area (Å²) < 4.78 is 33.0. The predicted octanol–water partition coefficient (Wildman–Crippen LogP) is 3.35. The number of hydrogen-bond acceptors (Lipinski definition) is 5. The van der Waals surface area contributed by atoms with Crippen LogP contribution in [0.15, 0.2) is 83.8 Å². The van der Waals surface area contributed by atoms with Gasteiger partial charge in [-0.3, -0.25) is 4.79 Å². The number of ether oxygens (including phenoxy) is 1. The van der Waals surface area contributed by atoms with E-state index in [1.54, 1.807) is 48.5 Å². The first-order chi connectivity index (χ1) is 15.9. The molecule has 33 heavy (non-hydrogen) atoms. The minimum absolute atomic E-state index is 0.234. The maximum absolute atomic E-state index is 12.8. The van der Waals surface area contributed by atoms with Gasteiger partial charge in [0, 0.05) is 38.3 Å². The van der Waals surface area contributed by atoms with Gasteiger partial charge in [-0.1, -0.05) is 36.4 Å². The van der Waals surface area contributed by atoms with Crippen molar-refractivity contribution in [2.45, 2.75) is 11.4 Å². The lowest BCUT2D eigenvalue weighted by Gasteiger charge is -2.31. The van der Waals surface area contributed by atoms with Gasteiger partial charge in [0.15, 0.2) is 0 Å². The fourth-order valence-electron chi connectivity index (χ4n) is 3.57. The quantitative estimate of drug-likeness (QED) is 0.579. The zero-order valence-electron chi connectivity index (χ0n) is 18.5. The van der Waals surface area contributed by atoms with Crippen molar-refractivity contribution >= 4 is 15.9 Å². The van der Waals surface area contributed by atoms with Crippen molar-refractivity contribution in [3.8, 4) is 11.5 Å². The molecule has 8 heteroatoms. The van der Waals surface area contributed by atoms with Crippen LogP contribution in [0.1, 0.15) is 15.9 Å². The lowest BCUT2D eigenvalue weighted by molar-refractivity contribution is 0.0950. The van der Waals surface area contributed by atoms with E-state index in [1.165, 1.54) is 4.31 Å². The number of benzene rings is 3. The van der Waals surface area contributed by atoms with Crippen LogP contribution in [0.2, 0.25) is 0 Å². The molecule has 1 amide bonds. The van der Waals surface area contributed by atoms with Gasteiger partial charge in [-0.15, -0.1) is 0 Å². The molecule has 0 saturated carbocycles. The summed E-state index contributed by atoms with van der Waals surface area (Å²) >= 11 is 0. The number of nitrogens with zero attached hydrogens (tertiary/aromatic N) is 2. The lowest BCUT2D eigenvalue weighted by atomic mass is 10.2. The fraction of sp³-hybridized carbons (Fsp3) is 0.240.